The quantitative estimate of drug-likeness (QED) is 0.380. The zero-order valence-corrected chi connectivity index (χ0v) is 4.66. The van der Waals surface area contributed by atoms with Gasteiger partial charge in [0, 0.05) is 6.51 Å². The summed E-state index contributed by atoms with van der Waals surface area (Å²) in [6.45, 7) is -0.592. The highest BCUT2D eigenvalue weighted by atomic mass is 16.5. The first-order chi connectivity index (χ1) is 4.18. The van der Waals surface area contributed by atoms with Crippen molar-refractivity contribution in [3.63, 3.8) is 0 Å². The summed E-state index contributed by atoms with van der Waals surface area (Å²) in [7, 11) is 4.81. The van der Waals surface area contributed by atoms with Gasteiger partial charge >= 0.3 is 5.97 Å². The number of carboxylic acids is 1. The molecule has 5 heteroatoms. The first-order valence-corrected chi connectivity index (χ1v) is 2.22. The molecule has 0 saturated heterocycles. The number of hydrogen-bond donors (Lipinski definition) is 1. The van der Waals surface area contributed by atoms with Crippen molar-refractivity contribution in [1.29, 1.82) is 0 Å². The number of aliphatic carboxylic acids is 1. The lowest BCUT2D eigenvalue weighted by atomic mass is 10.2. The van der Waals surface area contributed by atoms with Crippen LogP contribution < -0.4 is 0 Å². The van der Waals surface area contributed by atoms with Crippen LogP contribution in [0.5, 0.6) is 0 Å². The monoisotopic (exact) mass is 128 g/mol. The van der Waals surface area contributed by atoms with E-state index in [2.05, 4.69) is 4.74 Å². The highest BCUT2D eigenvalue weighted by Gasteiger charge is 2.09. The molecule has 0 bridgehead atoms. The lowest BCUT2D eigenvalue weighted by Crippen LogP contribution is -2.19. The fourth-order valence-electron chi connectivity index (χ4n) is 0.213. The number of carbonyl (C=O) groups excluding carboxylic acids is 1. The third-order valence-corrected chi connectivity index (χ3v) is 0.590. The van der Waals surface area contributed by atoms with Gasteiger partial charge in [0.2, 0.25) is 0 Å². The molecule has 0 saturated carbocycles. The Morgan fingerprint density at radius 2 is 2.11 bits per heavy atom. The molecule has 0 amide bonds. The molecule has 0 rings (SSSR count). The van der Waals surface area contributed by atoms with Crippen LogP contribution >= 0.6 is 0 Å². The average molecular weight is 128 g/mol. The van der Waals surface area contributed by atoms with Gasteiger partial charge in [-0.05, 0) is 0 Å². The first-order valence-electron chi connectivity index (χ1n) is 2.22. The maximum atomic E-state index is 10.1. The molecule has 9 heavy (non-hydrogen) atoms. The molecule has 48 valence electrons. The van der Waals surface area contributed by atoms with Crippen LogP contribution in [0.25, 0.3) is 0 Å². The molecule has 2 radical (unpaired) electrons. The van der Waals surface area contributed by atoms with E-state index >= 15 is 0 Å². The second-order valence-corrected chi connectivity index (χ2v) is 1.24. The zero-order chi connectivity index (χ0) is 7.28. The van der Waals surface area contributed by atoms with Gasteiger partial charge in [0.1, 0.15) is 14.5 Å². The summed E-state index contributed by atoms with van der Waals surface area (Å²) in [5.74, 6) is -2.48. The maximum absolute atomic E-state index is 10.1. The molecule has 0 aliphatic rings. The Hall–Kier alpha value is -0.835. The van der Waals surface area contributed by atoms with Crippen molar-refractivity contribution in [3.05, 3.63) is 0 Å². The molecule has 0 aliphatic heterocycles. The molecule has 0 aromatic rings. The summed E-state index contributed by atoms with van der Waals surface area (Å²) in [5.41, 5.74) is 0. The van der Waals surface area contributed by atoms with E-state index in [1.807, 2.05) is 0 Å². The molecule has 0 unspecified atom stereocenters. The molecule has 0 aromatic carbocycles. The highest BCUT2D eigenvalue weighted by Crippen LogP contribution is 1.74. The van der Waals surface area contributed by atoms with Crippen LogP contribution in [0.1, 0.15) is 0 Å². The predicted molar refractivity (Wildman–Crippen MR) is 29.2 cm³/mol. The summed E-state index contributed by atoms with van der Waals surface area (Å²) in [6, 6.07) is 0. The molecule has 0 aromatic heterocycles. The Kier molecular flexibility index (Phi) is 3.71. The van der Waals surface area contributed by atoms with E-state index in [1.54, 1.807) is 0 Å². The summed E-state index contributed by atoms with van der Waals surface area (Å²) >= 11 is 0. The Balaban J connectivity index is 3.39. The molecule has 0 atom stereocenters. The van der Waals surface area contributed by atoms with Crippen LogP contribution in [-0.2, 0) is 14.3 Å². The molecule has 4 nitrogen and oxygen atoms in total. The molecule has 0 heterocycles. The number of ketones is 1. The van der Waals surface area contributed by atoms with E-state index in [-0.39, 0.29) is 6.51 Å². The number of rotatable bonds is 4. The topological polar surface area (TPSA) is 63.6 Å². The first kappa shape index (κ1) is 8.16. The van der Waals surface area contributed by atoms with Crippen LogP contribution in [0, 0.1) is 0 Å². The van der Waals surface area contributed by atoms with Gasteiger partial charge in [-0.25, -0.2) is 4.79 Å². The number of Topliss-reactive ketones (excluding diaryl/α,β-unsaturated/α-hetero) is 1. The number of carboxylic acid groups (broad SMARTS) is 1. The Morgan fingerprint density at radius 1 is 1.56 bits per heavy atom. The van der Waals surface area contributed by atoms with Crippen molar-refractivity contribution in [3.8, 4) is 0 Å². The van der Waals surface area contributed by atoms with Crippen molar-refractivity contribution in [2.75, 3.05) is 13.1 Å². The lowest BCUT2D eigenvalue weighted by molar-refractivity contribution is -0.150. The fraction of sp³-hybridized carbons (Fsp3) is 0.500. The van der Waals surface area contributed by atoms with Gasteiger partial charge in [-0.2, -0.15) is 0 Å². The molecule has 0 fully saturated rings. The van der Waals surface area contributed by atoms with Crippen molar-refractivity contribution in [2.45, 2.75) is 0 Å². The van der Waals surface area contributed by atoms with Crippen LogP contribution in [0.4, 0.5) is 0 Å². The third-order valence-electron chi connectivity index (χ3n) is 0.590. The third kappa shape index (κ3) is 3.72. The standard InChI is InChI=1S/C4H5BO4/c5-2-9-1-3(6)4(7)8/h1-2H2,(H,7,8). The second kappa shape index (κ2) is 4.08. The smallest absolute Gasteiger partial charge is 0.374 e. The summed E-state index contributed by atoms with van der Waals surface area (Å²) < 4.78 is 4.30. The largest absolute Gasteiger partial charge is 0.475 e. The van der Waals surface area contributed by atoms with Crippen LogP contribution in [0.2, 0.25) is 0 Å². The zero-order valence-electron chi connectivity index (χ0n) is 4.66. The van der Waals surface area contributed by atoms with Crippen LogP contribution in [-0.4, -0.2) is 37.8 Å². The second-order valence-electron chi connectivity index (χ2n) is 1.24. The van der Waals surface area contributed by atoms with Crippen molar-refractivity contribution in [2.24, 2.45) is 0 Å². The van der Waals surface area contributed by atoms with E-state index in [4.69, 9.17) is 13.0 Å². The molecular formula is C4H5BO4. The number of ether oxygens (including phenoxy) is 1. The number of carbonyl (C=O) groups is 2. The van der Waals surface area contributed by atoms with Crippen molar-refractivity contribution < 1.29 is 19.4 Å². The summed E-state index contributed by atoms with van der Waals surface area (Å²) in [4.78, 5) is 19.9. The maximum Gasteiger partial charge on any atom is 0.374 e. The van der Waals surface area contributed by atoms with Gasteiger partial charge < -0.3 is 9.84 Å². The van der Waals surface area contributed by atoms with Gasteiger partial charge in [-0.15, -0.1) is 0 Å². The van der Waals surface area contributed by atoms with E-state index in [0.717, 1.165) is 0 Å². The summed E-state index contributed by atoms with van der Waals surface area (Å²) in [5, 5.41) is 7.94. The van der Waals surface area contributed by atoms with E-state index in [9.17, 15) is 9.59 Å². The SMILES string of the molecule is [B]COCC(=O)C(=O)O. The van der Waals surface area contributed by atoms with E-state index in [0.29, 0.717) is 0 Å². The molecular weight excluding hydrogens is 123 g/mol. The molecule has 0 spiro atoms. The molecule has 0 aliphatic carbocycles. The lowest BCUT2D eigenvalue weighted by Gasteiger charge is -1.93. The van der Waals surface area contributed by atoms with Crippen LogP contribution in [0.15, 0.2) is 0 Å². The predicted octanol–water partition coefficient (Wildman–Crippen LogP) is -1.22. The summed E-state index contributed by atoms with van der Waals surface area (Å²) in [6.07, 6.45) is 0. The number of hydrogen-bond acceptors (Lipinski definition) is 3. The minimum Gasteiger partial charge on any atom is -0.475 e. The Bertz CT molecular complexity index is 122. The van der Waals surface area contributed by atoms with Gasteiger partial charge in [-0.3, -0.25) is 4.79 Å². The fourth-order valence-corrected chi connectivity index (χ4v) is 0.213. The van der Waals surface area contributed by atoms with Crippen molar-refractivity contribution >= 4 is 19.6 Å². The van der Waals surface area contributed by atoms with E-state index < -0.39 is 18.4 Å². The van der Waals surface area contributed by atoms with E-state index in [1.165, 1.54) is 0 Å². The Morgan fingerprint density at radius 3 is 2.44 bits per heavy atom. The highest BCUT2D eigenvalue weighted by molar-refractivity contribution is 6.33. The van der Waals surface area contributed by atoms with Crippen LogP contribution in [0.3, 0.4) is 0 Å². The minimum absolute atomic E-state index is 0.140. The normalized spacial score (nSPS) is 8.89. The Labute approximate surface area is 53.2 Å². The molecule has 1 N–H and O–H groups in total. The van der Waals surface area contributed by atoms with Gasteiger partial charge in [-0.1, -0.05) is 0 Å². The minimum atomic E-state index is -1.50. The van der Waals surface area contributed by atoms with Gasteiger partial charge in [0.15, 0.2) is 0 Å². The average Bonchev–Trinajstić information content (AvgIpc) is 1.82. The van der Waals surface area contributed by atoms with Gasteiger partial charge in [0.25, 0.3) is 5.78 Å². The van der Waals surface area contributed by atoms with Crippen molar-refractivity contribution in [1.82, 2.24) is 0 Å². The van der Waals surface area contributed by atoms with Gasteiger partial charge in [0.05, 0.1) is 0 Å².